The van der Waals surface area contributed by atoms with Crippen molar-refractivity contribution in [2.75, 3.05) is 10.6 Å². The van der Waals surface area contributed by atoms with Crippen molar-refractivity contribution in [3.05, 3.63) is 88.0 Å². The highest BCUT2D eigenvalue weighted by Crippen LogP contribution is 2.38. The summed E-state index contributed by atoms with van der Waals surface area (Å²) in [6.45, 7) is 2.75. The standard InChI is InChI=1S/C24H21N5O5S/c1-15(30)26-19-7-5-6-18(13-19)24(32)28-25-14-17-10-11-23(21(12-17)29(33)34)35-22-9-4-3-8-20(22)27-16(2)31/h3-14H,1-2H3,(H,26,30)(H,27,31)(H,28,32). The van der Waals surface area contributed by atoms with Crippen molar-refractivity contribution in [2.45, 2.75) is 23.6 Å². The highest BCUT2D eigenvalue weighted by Gasteiger charge is 2.17. The van der Waals surface area contributed by atoms with Gasteiger partial charge in [-0.15, -0.1) is 0 Å². The van der Waals surface area contributed by atoms with E-state index >= 15 is 0 Å². The number of nitro groups is 1. The average molecular weight is 492 g/mol. The second-order valence-electron chi connectivity index (χ2n) is 7.22. The zero-order chi connectivity index (χ0) is 25.4. The summed E-state index contributed by atoms with van der Waals surface area (Å²) in [5.74, 6) is -1.02. The molecule has 0 aliphatic carbocycles. The predicted molar refractivity (Wildman–Crippen MR) is 134 cm³/mol. The van der Waals surface area contributed by atoms with Crippen molar-refractivity contribution in [3.63, 3.8) is 0 Å². The largest absolute Gasteiger partial charge is 0.326 e. The molecule has 0 saturated carbocycles. The summed E-state index contributed by atoms with van der Waals surface area (Å²) in [5.41, 5.74) is 3.92. The molecule has 0 unspecified atom stereocenters. The van der Waals surface area contributed by atoms with Crippen LogP contribution in [0.25, 0.3) is 0 Å². The van der Waals surface area contributed by atoms with E-state index in [1.54, 1.807) is 54.6 Å². The van der Waals surface area contributed by atoms with E-state index in [2.05, 4.69) is 21.2 Å². The van der Waals surface area contributed by atoms with E-state index in [9.17, 15) is 24.5 Å². The summed E-state index contributed by atoms with van der Waals surface area (Å²) in [7, 11) is 0. The molecule has 0 atom stereocenters. The van der Waals surface area contributed by atoms with E-state index in [0.717, 1.165) is 11.8 Å². The van der Waals surface area contributed by atoms with Crippen LogP contribution >= 0.6 is 11.8 Å². The van der Waals surface area contributed by atoms with Crippen molar-refractivity contribution in [1.29, 1.82) is 0 Å². The van der Waals surface area contributed by atoms with Crippen LogP contribution in [-0.4, -0.2) is 28.9 Å². The lowest BCUT2D eigenvalue weighted by Crippen LogP contribution is -2.18. The van der Waals surface area contributed by atoms with Gasteiger partial charge in [-0.25, -0.2) is 5.43 Å². The number of rotatable bonds is 8. The Hall–Kier alpha value is -4.51. The molecule has 178 valence electrons. The minimum atomic E-state index is -0.510. The van der Waals surface area contributed by atoms with Crippen molar-refractivity contribution in [2.24, 2.45) is 5.10 Å². The van der Waals surface area contributed by atoms with Crippen molar-refractivity contribution < 1.29 is 19.3 Å². The SMILES string of the molecule is CC(=O)Nc1cccc(C(=O)NN=Cc2ccc(Sc3ccccc3NC(C)=O)c([N+](=O)[O-])c2)c1. The Kier molecular flexibility index (Phi) is 8.30. The minimum absolute atomic E-state index is 0.147. The Morgan fingerprint density at radius 1 is 0.914 bits per heavy atom. The molecular weight excluding hydrogens is 470 g/mol. The lowest BCUT2D eigenvalue weighted by molar-refractivity contribution is -0.387. The molecule has 3 rings (SSSR count). The fourth-order valence-corrected chi connectivity index (χ4v) is 3.97. The first-order valence-corrected chi connectivity index (χ1v) is 11.1. The number of carbonyl (C=O) groups is 3. The fourth-order valence-electron chi connectivity index (χ4n) is 2.98. The van der Waals surface area contributed by atoms with E-state index in [4.69, 9.17) is 0 Å². The van der Waals surface area contributed by atoms with E-state index in [-0.39, 0.29) is 23.1 Å². The van der Waals surface area contributed by atoms with Gasteiger partial charge >= 0.3 is 0 Å². The molecule has 0 aliphatic heterocycles. The molecule has 3 aromatic carbocycles. The third-order valence-corrected chi connectivity index (χ3v) is 5.56. The molecule has 0 saturated heterocycles. The first-order chi connectivity index (χ1) is 16.7. The average Bonchev–Trinajstić information content (AvgIpc) is 2.80. The first-order valence-electron chi connectivity index (χ1n) is 10.3. The van der Waals surface area contributed by atoms with Gasteiger partial charge < -0.3 is 10.6 Å². The Morgan fingerprint density at radius 3 is 2.37 bits per heavy atom. The Bertz CT molecular complexity index is 1330. The van der Waals surface area contributed by atoms with Crippen LogP contribution in [0, 0.1) is 10.1 Å². The van der Waals surface area contributed by atoms with Crippen LogP contribution in [0.2, 0.25) is 0 Å². The van der Waals surface area contributed by atoms with Gasteiger partial charge in [-0.3, -0.25) is 24.5 Å². The molecular formula is C24H21N5O5S. The molecule has 0 spiro atoms. The lowest BCUT2D eigenvalue weighted by Gasteiger charge is -2.10. The van der Waals surface area contributed by atoms with E-state index < -0.39 is 10.8 Å². The number of hydrogen-bond acceptors (Lipinski definition) is 7. The van der Waals surface area contributed by atoms with Gasteiger partial charge in [0.25, 0.3) is 11.6 Å². The number of nitrogens with one attached hydrogen (secondary N) is 3. The van der Waals surface area contributed by atoms with Gasteiger partial charge in [-0.05, 0) is 36.4 Å². The maximum absolute atomic E-state index is 12.3. The van der Waals surface area contributed by atoms with Crippen molar-refractivity contribution in [3.8, 4) is 0 Å². The van der Waals surface area contributed by atoms with Crippen LogP contribution < -0.4 is 16.1 Å². The summed E-state index contributed by atoms with van der Waals surface area (Å²) in [6.07, 6.45) is 1.29. The molecule has 0 heterocycles. The summed E-state index contributed by atoms with van der Waals surface area (Å²) < 4.78 is 0. The molecule has 11 heteroatoms. The molecule has 3 amide bonds. The monoisotopic (exact) mass is 491 g/mol. The van der Waals surface area contributed by atoms with Gasteiger partial charge in [0, 0.05) is 41.6 Å². The summed E-state index contributed by atoms with van der Waals surface area (Å²) in [4.78, 5) is 47.2. The Morgan fingerprint density at radius 2 is 1.66 bits per heavy atom. The van der Waals surface area contributed by atoms with Crippen LogP contribution in [0.5, 0.6) is 0 Å². The number of nitrogens with zero attached hydrogens (tertiary/aromatic N) is 2. The molecule has 3 N–H and O–H groups in total. The number of carbonyl (C=O) groups excluding carboxylic acids is 3. The lowest BCUT2D eigenvalue weighted by atomic mass is 10.2. The van der Waals surface area contributed by atoms with E-state index in [1.165, 1.54) is 32.2 Å². The van der Waals surface area contributed by atoms with Gasteiger partial charge in [-0.2, -0.15) is 5.10 Å². The molecule has 3 aromatic rings. The highest BCUT2D eigenvalue weighted by molar-refractivity contribution is 7.99. The quantitative estimate of drug-likeness (QED) is 0.242. The summed E-state index contributed by atoms with van der Waals surface area (Å²) in [6, 6.07) is 17.9. The number of hydrogen-bond donors (Lipinski definition) is 3. The predicted octanol–water partition coefficient (Wildman–Crippen LogP) is 4.43. The maximum Gasteiger partial charge on any atom is 0.283 e. The Balaban J connectivity index is 1.75. The number of nitro benzene ring substituents is 1. The van der Waals surface area contributed by atoms with Crippen molar-refractivity contribution in [1.82, 2.24) is 5.43 Å². The molecule has 0 fully saturated rings. The van der Waals surface area contributed by atoms with Gasteiger partial charge in [0.1, 0.15) is 0 Å². The summed E-state index contributed by atoms with van der Waals surface area (Å²) >= 11 is 1.15. The van der Waals surface area contributed by atoms with Crippen molar-refractivity contribution >= 4 is 52.8 Å². The highest BCUT2D eigenvalue weighted by atomic mass is 32.2. The second-order valence-corrected chi connectivity index (χ2v) is 8.31. The molecule has 0 aromatic heterocycles. The van der Waals surface area contributed by atoms with E-state index in [1.807, 2.05) is 0 Å². The van der Waals surface area contributed by atoms with E-state index in [0.29, 0.717) is 26.7 Å². The molecule has 35 heavy (non-hydrogen) atoms. The summed E-state index contributed by atoms with van der Waals surface area (Å²) in [5, 5.41) is 20.9. The number of anilines is 2. The van der Waals surface area contributed by atoms with Gasteiger partial charge in [0.05, 0.1) is 21.7 Å². The smallest absolute Gasteiger partial charge is 0.283 e. The van der Waals surface area contributed by atoms with Gasteiger partial charge in [0.2, 0.25) is 11.8 Å². The topological polar surface area (TPSA) is 143 Å². The first kappa shape index (κ1) is 25.1. The van der Waals surface area contributed by atoms with Crippen LogP contribution in [0.1, 0.15) is 29.8 Å². The fraction of sp³-hybridized carbons (Fsp3) is 0.0833. The van der Waals surface area contributed by atoms with Crippen LogP contribution in [-0.2, 0) is 9.59 Å². The number of hydrazone groups is 1. The zero-order valence-corrected chi connectivity index (χ0v) is 19.6. The third kappa shape index (κ3) is 7.24. The maximum atomic E-state index is 12.3. The number of para-hydroxylation sites is 1. The molecule has 0 aliphatic rings. The normalized spacial score (nSPS) is 10.6. The molecule has 0 radical (unpaired) electrons. The number of amides is 3. The minimum Gasteiger partial charge on any atom is -0.326 e. The zero-order valence-electron chi connectivity index (χ0n) is 18.8. The number of benzene rings is 3. The Labute approximate surface area is 205 Å². The van der Waals surface area contributed by atoms with Crippen LogP contribution in [0.4, 0.5) is 17.1 Å². The molecule has 0 bridgehead atoms. The second kappa shape index (κ2) is 11.6. The molecule has 10 nitrogen and oxygen atoms in total. The van der Waals surface area contributed by atoms with Crippen LogP contribution in [0.15, 0.2) is 81.6 Å². The van der Waals surface area contributed by atoms with Crippen LogP contribution in [0.3, 0.4) is 0 Å². The third-order valence-electron chi connectivity index (χ3n) is 4.42. The van der Waals surface area contributed by atoms with Gasteiger partial charge in [0.15, 0.2) is 0 Å². The van der Waals surface area contributed by atoms with Gasteiger partial charge in [-0.1, -0.05) is 36.0 Å².